The highest BCUT2D eigenvalue weighted by Crippen LogP contribution is 2.09. The van der Waals surface area contributed by atoms with Crippen LogP contribution in [0.25, 0.3) is 0 Å². The van der Waals surface area contributed by atoms with Gasteiger partial charge in [-0.3, -0.25) is 9.59 Å². The number of aliphatic carboxylic acids is 1. The average molecular weight is 261 g/mol. The Labute approximate surface area is 105 Å². The van der Waals surface area contributed by atoms with Crippen LogP contribution in [0, 0.1) is 0 Å². The average Bonchev–Trinajstić information content (AvgIpc) is 2.32. The number of nitrogens with one attached hydrogen (secondary N) is 1. The first kappa shape index (κ1) is 16.4. The highest BCUT2D eigenvalue weighted by Gasteiger charge is 2.31. The van der Waals surface area contributed by atoms with Crippen molar-refractivity contribution in [1.82, 2.24) is 5.32 Å². The van der Waals surface area contributed by atoms with E-state index in [2.05, 4.69) is 10.1 Å². The van der Waals surface area contributed by atoms with Gasteiger partial charge in [0.1, 0.15) is 11.6 Å². The predicted octanol–water partition coefficient (Wildman–Crippen LogP) is -0.0660. The molecule has 0 rings (SSSR count). The molecule has 104 valence electrons. The highest BCUT2D eigenvalue weighted by molar-refractivity contribution is 5.88. The molecule has 0 saturated heterocycles. The Hall–Kier alpha value is -1.63. The summed E-state index contributed by atoms with van der Waals surface area (Å²) in [5.74, 6) is -2.29. The summed E-state index contributed by atoms with van der Waals surface area (Å²) in [5.41, 5.74) is -1.13. The van der Waals surface area contributed by atoms with E-state index in [1.165, 1.54) is 28.1 Å². The van der Waals surface area contributed by atoms with E-state index in [4.69, 9.17) is 9.84 Å². The van der Waals surface area contributed by atoms with Crippen LogP contribution in [0.3, 0.4) is 0 Å². The molecule has 0 aliphatic carbocycles. The molecule has 2 N–H and O–H groups in total. The summed E-state index contributed by atoms with van der Waals surface area (Å²) in [7, 11) is 2.56. The van der Waals surface area contributed by atoms with Gasteiger partial charge < -0.3 is 19.9 Å². The van der Waals surface area contributed by atoms with Gasteiger partial charge in [-0.05, 0) is 20.3 Å². The fourth-order valence-electron chi connectivity index (χ4n) is 1.05. The zero-order valence-corrected chi connectivity index (χ0v) is 11.0. The van der Waals surface area contributed by atoms with Crippen molar-refractivity contribution in [1.29, 1.82) is 0 Å². The number of carboxylic acids is 1. The number of carbonyl (C=O) groups excluding carboxylic acids is 2. The molecule has 1 amide bonds. The van der Waals surface area contributed by atoms with Crippen molar-refractivity contribution in [2.45, 2.75) is 38.3 Å². The van der Waals surface area contributed by atoms with Crippen LogP contribution in [0.1, 0.15) is 26.7 Å². The van der Waals surface area contributed by atoms with Crippen LogP contribution in [0.15, 0.2) is 0 Å². The third-order valence-electron chi connectivity index (χ3n) is 2.53. The van der Waals surface area contributed by atoms with Crippen LogP contribution in [0.2, 0.25) is 0 Å². The van der Waals surface area contributed by atoms with E-state index in [9.17, 15) is 14.4 Å². The molecular weight excluding hydrogens is 242 g/mol. The van der Waals surface area contributed by atoms with E-state index in [0.29, 0.717) is 0 Å². The Morgan fingerprint density at radius 3 is 2.22 bits per heavy atom. The topological polar surface area (TPSA) is 102 Å². The molecule has 0 fully saturated rings. The Bertz CT molecular complexity index is 325. The summed E-state index contributed by atoms with van der Waals surface area (Å²) in [6, 6.07) is -1.15. The minimum atomic E-state index is -1.21. The molecule has 18 heavy (non-hydrogen) atoms. The summed E-state index contributed by atoms with van der Waals surface area (Å²) in [6.45, 7) is 3.03. The second kappa shape index (κ2) is 6.95. The second-order valence-corrected chi connectivity index (χ2v) is 4.19. The third-order valence-corrected chi connectivity index (χ3v) is 2.53. The Morgan fingerprint density at radius 2 is 1.83 bits per heavy atom. The van der Waals surface area contributed by atoms with Gasteiger partial charge in [0, 0.05) is 13.5 Å². The smallest absolute Gasteiger partial charge is 0.326 e. The summed E-state index contributed by atoms with van der Waals surface area (Å²) >= 11 is 0. The lowest BCUT2D eigenvalue weighted by Gasteiger charge is -2.24. The molecule has 1 atom stereocenters. The standard InChI is InChI=1S/C11H19NO6/c1-11(2,18-4)10(16)12-7(9(14)15)5-6-8(13)17-3/h7H,5-6H2,1-4H3,(H,12,16)(H,14,15)/t7-/m1/s1. The van der Waals surface area contributed by atoms with Crippen molar-refractivity contribution in [3.8, 4) is 0 Å². The molecule has 0 aliphatic rings. The SMILES string of the molecule is COC(=O)CC[C@@H](NC(=O)C(C)(C)OC)C(=O)O. The molecule has 0 bridgehead atoms. The number of methoxy groups -OCH3 is 2. The molecule has 0 heterocycles. The summed E-state index contributed by atoms with van der Waals surface area (Å²) < 4.78 is 9.33. The van der Waals surface area contributed by atoms with E-state index in [-0.39, 0.29) is 12.8 Å². The maximum absolute atomic E-state index is 11.7. The van der Waals surface area contributed by atoms with Gasteiger partial charge in [-0.15, -0.1) is 0 Å². The molecule has 0 aromatic carbocycles. The van der Waals surface area contributed by atoms with E-state index in [1.54, 1.807) is 0 Å². The van der Waals surface area contributed by atoms with E-state index < -0.39 is 29.5 Å². The van der Waals surface area contributed by atoms with Crippen molar-refractivity contribution < 1.29 is 29.0 Å². The normalized spacial score (nSPS) is 12.7. The summed E-state index contributed by atoms with van der Waals surface area (Å²) in [5, 5.41) is 11.3. The molecule has 0 radical (unpaired) electrons. The Morgan fingerprint density at radius 1 is 1.28 bits per heavy atom. The predicted molar refractivity (Wildman–Crippen MR) is 61.9 cm³/mol. The van der Waals surface area contributed by atoms with Crippen molar-refractivity contribution in [2.75, 3.05) is 14.2 Å². The minimum absolute atomic E-state index is 0.0342. The van der Waals surface area contributed by atoms with Crippen LogP contribution in [-0.2, 0) is 23.9 Å². The molecule has 0 aromatic rings. The number of carbonyl (C=O) groups is 3. The van der Waals surface area contributed by atoms with E-state index in [1.807, 2.05) is 0 Å². The van der Waals surface area contributed by atoms with Crippen LogP contribution in [0.4, 0.5) is 0 Å². The van der Waals surface area contributed by atoms with Gasteiger partial charge in [-0.2, -0.15) is 0 Å². The molecule has 7 nitrogen and oxygen atoms in total. The lowest BCUT2D eigenvalue weighted by Crippen LogP contribution is -2.50. The molecule has 0 spiro atoms. The number of carboxylic acid groups (broad SMARTS) is 1. The van der Waals surface area contributed by atoms with Gasteiger partial charge >= 0.3 is 11.9 Å². The minimum Gasteiger partial charge on any atom is -0.480 e. The number of ether oxygens (including phenoxy) is 2. The maximum Gasteiger partial charge on any atom is 0.326 e. The van der Waals surface area contributed by atoms with Crippen LogP contribution < -0.4 is 5.32 Å². The molecule has 0 aliphatic heterocycles. The van der Waals surface area contributed by atoms with Gasteiger partial charge in [0.05, 0.1) is 7.11 Å². The first-order chi connectivity index (χ1) is 8.24. The van der Waals surface area contributed by atoms with Crippen molar-refractivity contribution >= 4 is 17.8 Å². The largest absolute Gasteiger partial charge is 0.480 e. The number of rotatable bonds is 7. The van der Waals surface area contributed by atoms with Crippen molar-refractivity contribution in [2.24, 2.45) is 0 Å². The highest BCUT2D eigenvalue weighted by atomic mass is 16.5. The number of hydrogen-bond acceptors (Lipinski definition) is 5. The molecule has 7 heteroatoms. The zero-order valence-electron chi connectivity index (χ0n) is 11.0. The Kier molecular flexibility index (Phi) is 6.32. The maximum atomic E-state index is 11.7. The zero-order chi connectivity index (χ0) is 14.3. The fourth-order valence-corrected chi connectivity index (χ4v) is 1.05. The summed E-state index contributed by atoms with van der Waals surface area (Å²) in [4.78, 5) is 33.6. The molecular formula is C11H19NO6. The van der Waals surface area contributed by atoms with Crippen LogP contribution in [-0.4, -0.2) is 48.8 Å². The fraction of sp³-hybridized carbons (Fsp3) is 0.727. The molecule has 0 aromatic heterocycles. The monoisotopic (exact) mass is 261 g/mol. The van der Waals surface area contributed by atoms with Gasteiger partial charge in [0.2, 0.25) is 0 Å². The lowest BCUT2D eigenvalue weighted by molar-refractivity contribution is -0.148. The van der Waals surface area contributed by atoms with Crippen molar-refractivity contribution in [3.05, 3.63) is 0 Å². The quantitative estimate of drug-likeness (QED) is 0.622. The Balaban J connectivity index is 4.50. The van der Waals surface area contributed by atoms with Gasteiger partial charge in [0.15, 0.2) is 0 Å². The first-order valence-corrected chi connectivity index (χ1v) is 5.40. The third kappa shape index (κ3) is 5.13. The molecule has 0 saturated carbocycles. The first-order valence-electron chi connectivity index (χ1n) is 5.40. The van der Waals surface area contributed by atoms with Crippen molar-refractivity contribution in [3.63, 3.8) is 0 Å². The number of amides is 1. The van der Waals surface area contributed by atoms with Crippen LogP contribution in [0.5, 0.6) is 0 Å². The number of esters is 1. The second-order valence-electron chi connectivity index (χ2n) is 4.19. The lowest BCUT2D eigenvalue weighted by atomic mass is 10.1. The van der Waals surface area contributed by atoms with E-state index in [0.717, 1.165) is 0 Å². The molecule has 0 unspecified atom stereocenters. The van der Waals surface area contributed by atoms with Gasteiger partial charge in [-0.1, -0.05) is 0 Å². The van der Waals surface area contributed by atoms with E-state index >= 15 is 0 Å². The summed E-state index contributed by atoms with van der Waals surface area (Å²) in [6.07, 6.45) is -0.116. The van der Waals surface area contributed by atoms with Gasteiger partial charge in [0.25, 0.3) is 5.91 Å². The van der Waals surface area contributed by atoms with Gasteiger partial charge in [-0.25, -0.2) is 4.79 Å². The number of hydrogen-bond donors (Lipinski definition) is 2. The van der Waals surface area contributed by atoms with Crippen LogP contribution >= 0.6 is 0 Å².